The lowest BCUT2D eigenvalue weighted by molar-refractivity contribution is -0.133. The van der Waals surface area contributed by atoms with Gasteiger partial charge in [-0.2, -0.15) is 4.31 Å². The van der Waals surface area contributed by atoms with Crippen LogP contribution in [0.15, 0.2) is 53.4 Å². The number of likely N-dealkylation sites (N-methyl/N-ethyl adjacent to an activating group) is 1. The molecule has 3 N–H and O–H groups in total. The van der Waals surface area contributed by atoms with Gasteiger partial charge in [-0.25, -0.2) is 18.7 Å². The van der Waals surface area contributed by atoms with Gasteiger partial charge in [0, 0.05) is 33.2 Å². The van der Waals surface area contributed by atoms with E-state index >= 15 is 0 Å². The van der Waals surface area contributed by atoms with E-state index in [-0.39, 0.29) is 24.7 Å². The highest BCUT2D eigenvalue weighted by Gasteiger charge is 2.34. The van der Waals surface area contributed by atoms with Gasteiger partial charge in [-0.15, -0.1) is 5.92 Å². The van der Waals surface area contributed by atoms with Crippen molar-refractivity contribution in [2.75, 3.05) is 53.0 Å². The van der Waals surface area contributed by atoms with Crippen molar-refractivity contribution in [3.05, 3.63) is 54.1 Å². The lowest BCUT2D eigenvalue weighted by atomic mass is 10.1. The summed E-state index contributed by atoms with van der Waals surface area (Å²) in [6, 6.07) is 10.5. The molecule has 1 aliphatic rings. The molecule has 0 saturated carbocycles. The van der Waals surface area contributed by atoms with Crippen molar-refractivity contribution in [3.63, 3.8) is 0 Å². The van der Waals surface area contributed by atoms with Crippen LogP contribution in [0.1, 0.15) is 18.5 Å². The van der Waals surface area contributed by atoms with Crippen molar-refractivity contribution in [1.29, 1.82) is 0 Å². The fourth-order valence-electron chi connectivity index (χ4n) is 3.77. The zero-order valence-corrected chi connectivity index (χ0v) is 22.6. The summed E-state index contributed by atoms with van der Waals surface area (Å²) in [5, 5.41) is 12.5. The molecule has 1 heterocycles. The Labute approximate surface area is 227 Å². The average Bonchev–Trinajstić information content (AvgIpc) is 2.96. The fourth-order valence-corrected chi connectivity index (χ4v) is 5.07. The van der Waals surface area contributed by atoms with Crippen LogP contribution in [0.4, 0.5) is 4.79 Å². The highest BCUT2D eigenvalue weighted by atomic mass is 32.2. The molecular weight excluding hydrogens is 528 g/mol. The summed E-state index contributed by atoms with van der Waals surface area (Å²) in [5.74, 6) is 5.38. The van der Waals surface area contributed by atoms with Gasteiger partial charge >= 0.3 is 6.09 Å². The van der Waals surface area contributed by atoms with Crippen LogP contribution < -0.4 is 20.3 Å². The Morgan fingerprint density at radius 2 is 1.67 bits per heavy atom. The SMILES string of the molecule is CC#CCOc1ccc(S(=O)(=O)N(C)C(C(=O)NO)c2ccc(OCCOC(=O)N3CCNCC3)cc2)cc1. The topological polar surface area (TPSA) is 147 Å². The number of amides is 2. The Bertz CT molecular complexity index is 1270. The molecule has 1 aliphatic heterocycles. The summed E-state index contributed by atoms with van der Waals surface area (Å²) < 4.78 is 43.7. The number of hydroxylamine groups is 1. The van der Waals surface area contributed by atoms with E-state index in [9.17, 15) is 23.2 Å². The molecule has 12 nitrogen and oxygen atoms in total. The first-order chi connectivity index (χ1) is 18.8. The zero-order chi connectivity index (χ0) is 28.3. The van der Waals surface area contributed by atoms with Crippen molar-refractivity contribution in [2.45, 2.75) is 17.9 Å². The van der Waals surface area contributed by atoms with Crippen LogP contribution >= 0.6 is 0 Å². The molecule has 13 heteroatoms. The lowest BCUT2D eigenvalue weighted by Gasteiger charge is -2.26. The molecule has 0 spiro atoms. The Hall–Kier alpha value is -3.83. The number of sulfonamides is 1. The maximum Gasteiger partial charge on any atom is 0.409 e. The summed E-state index contributed by atoms with van der Waals surface area (Å²) in [6.07, 6.45) is -0.398. The lowest BCUT2D eigenvalue weighted by Crippen LogP contribution is -2.46. The van der Waals surface area contributed by atoms with Crippen LogP contribution in [-0.4, -0.2) is 87.9 Å². The van der Waals surface area contributed by atoms with Gasteiger partial charge < -0.3 is 24.4 Å². The molecule has 1 fully saturated rings. The molecule has 1 saturated heterocycles. The van der Waals surface area contributed by atoms with E-state index < -0.39 is 28.1 Å². The van der Waals surface area contributed by atoms with Gasteiger partial charge in [0.15, 0.2) is 0 Å². The molecule has 0 bridgehead atoms. The molecule has 39 heavy (non-hydrogen) atoms. The third-order valence-electron chi connectivity index (χ3n) is 5.86. The number of piperazine rings is 1. The Balaban J connectivity index is 1.63. The fraction of sp³-hybridized carbons (Fsp3) is 0.385. The van der Waals surface area contributed by atoms with Gasteiger partial charge in [0.1, 0.15) is 37.4 Å². The highest BCUT2D eigenvalue weighted by Crippen LogP contribution is 2.28. The van der Waals surface area contributed by atoms with Crippen LogP contribution in [0, 0.1) is 11.8 Å². The van der Waals surface area contributed by atoms with Gasteiger partial charge in [0.05, 0.1) is 4.90 Å². The van der Waals surface area contributed by atoms with E-state index in [1.165, 1.54) is 48.9 Å². The quantitative estimate of drug-likeness (QED) is 0.161. The molecular formula is C26H32N4O8S. The largest absolute Gasteiger partial charge is 0.490 e. The number of nitrogens with zero attached hydrogens (tertiary/aromatic N) is 2. The van der Waals surface area contributed by atoms with E-state index in [0.717, 1.165) is 17.4 Å². The van der Waals surface area contributed by atoms with E-state index in [0.29, 0.717) is 30.2 Å². The molecule has 1 unspecified atom stereocenters. The van der Waals surface area contributed by atoms with E-state index in [2.05, 4.69) is 17.2 Å². The van der Waals surface area contributed by atoms with Gasteiger partial charge in [-0.05, 0) is 48.9 Å². The average molecular weight is 561 g/mol. The first kappa shape index (κ1) is 29.7. The number of rotatable bonds is 11. The smallest absolute Gasteiger partial charge is 0.409 e. The number of hydrogen-bond donors (Lipinski definition) is 3. The predicted octanol–water partition coefficient (Wildman–Crippen LogP) is 1.38. The second kappa shape index (κ2) is 14.4. The normalized spacial score (nSPS) is 14.1. The second-order valence-electron chi connectivity index (χ2n) is 8.36. The number of benzene rings is 2. The first-order valence-corrected chi connectivity index (χ1v) is 13.6. The third kappa shape index (κ3) is 8.08. The number of carbonyl (C=O) groups is 2. The highest BCUT2D eigenvalue weighted by molar-refractivity contribution is 7.89. The van der Waals surface area contributed by atoms with Gasteiger partial charge in [-0.1, -0.05) is 18.1 Å². The van der Waals surface area contributed by atoms with Crippen LogP contribution in [0.2, 0.25) is 0 Å². The van der Waals surface area contributed by atoms with Crippen LogP contribution in [-0.2, 0) is 19.6 Å². The second-order valence-corrected chi connectivity index (χ2v) is 10.4. The van der Waals surface area contributed by atoms with Crippen molar-refractivity contribution < 1.29 is 37.4 Å². The number of carbonyl (C=O) groups excluding carboxylic acids is 2. The molecule has 3 rings (SSSR count). The predicted molar refractivity (Wildman–Crippen MR) is 141 cm³/mol. The van der Waals surface area contributed by atoms with E-state index in [1.807, 2.05) is 0 Å². The van der Waals surface area contributed by atoms with Crippen LogP contribution in [0.5, 0.6) is 11.5 Å². The first-order valence-electron chi connectivity index (χ1n) is 12.2. The molecule has 1 atom stereocenters. The third-order valence-corrected chi connectivity index (χ3v) is 7.70. The minimum absolute atomic E-state index is 0.0525. The maximum absolute atomic E-state index is 13.3. The minimum atomic E-state index is -4.14. The summed E-state index contributed by atoms with van der Waals surface area (Å²) in [6.45, 7) is 4.63. The molecule has 0 radical (unpaired) electrons. The Morgan fingerprint density at radius 1 is 1.05 bits per heavy atom. The van der Waals surface area contributed by atoms with Gasteiger partial charge in [0.2, 0.25) is 10.0 Å². The van der Waals surface area contributed by atoms with Crippen LogP contribution in [0.3, 0.4) is 0 Å². The monoisotopic (exact) mass is 560 g/mol. The van der Waals surface area contributed by atoms with Crippen molar-refractivity contribution >= 4 is 22.0 Å². The zero-order valence-electron chi connectivity index (χ0n) is 21.8. The van der Waals surface area contributed by atoms with Gasteiger partial charge in [-0.3, -0.25) is 10.0 Å². The minimum Gasteiger partial charge on any atom is -0.490 e. The Morgan fingerprint density at radius 3 is 2.28 bits per heavy atom. The molecule has 2 aromatic carbocycles. The van der Waals surface area contributed by atoms with Crippen LogP contribution in [0.25, 0.3) is 0 Å². The number of hydrogen-bond acceptors (Lipinski definition) is 9. The molecule has 2 aromatic rings. The summed E-state index contributed by atoms with van der Waals surface area (Å²) >= 11 is 0. The number of ether oxygens (including phenoxy) is 3. The van der Waals surface area contributed by atoms with Crippen molar-refractivity contribution in [3.8, 4) is 23.3 Å². The summed E-state index contributed by atoms with van der Waals surface area (Å²) in [5.41, 5.74) is 1.83. The van der Waals surface area contributed by atoms with Crippen molar-refractivity contribution in [2.24, 2.45) is 0 Å². The van der Waals surface area contributed by atoms with E-state index in [1.54, 1.807) is 24.0 Å². The van der Waals surface area contributed by atoms with Crippen molar-refractivity contribution in [1.82, 2.24) is 20.0 Å². The summed E-state index contributed by atoms with van der Waals surface area (Å²) in [4.78, 5) is 26.1. The van der Waals surface area contributed by atoms with Gasteiger partial charge in [0.25, 0.3) is 5.91 Å². The number of nitrogens with one attached hydrogen (secondary N) is 2. The Kier molecular flexibility index (Phi) is 10.9. The van der Waals surface area contributed by atoms with E-state index in [4.69, 9.17) is 14.2 Å². The molecule has 210 valence electrons. The summed E-state index contributed by atoms with van der Waals surface area (Å²) in [7, 11) is -2.89. The molecule has 0 aliphatic carbocycles. The maximum atomic E-state index is 13.3. The molecule has 2 amide bonds. The molecule has 0 aromatic heterocycles. The standard InChI is InChI=1S/C26H32N4O8S/c1-3-4-17-36-22-9-11-23(12-10-22)39(34,35)29(2)24(25(31)28-33)20-5-7-21(8-6-20)37-18-19-38-26(32)30-15-13-27-14-16-30/h5-12,24,27,33H,13-19H2,1-2H3,(H,28,31).